The third-order valence-electron chi connectivity index (χ3n) is 8.87. The smallest absolute Gasteiger partial charge is 0.224 e. The highest BCUT2D eigenvalue weighted by Crippen LogP contribution is 2.36. The van der Waals surface area contributed by atoms with Crippen molar-refractivity contribution in [3.8, 4) is 33.6 Å². The first kappa shape index (κ1) is 30.6. The predicted octanol–water partition coefficient (Wildman–Crippen LogP) is 6.88. The van der Waals surface area contributed by atoms with Gasteiger partial charge in [-0.05, 0) is 111 Å². The number of halogens is 1. The minimum absolute atomic E-state index is 0.0247. The zero-order valence-corrected chi connectivity index (χ0v) is 26.7. The van der Waals surface area contributed by atoms with E-state index in [0.29, 0.717) is 18.0 Å². The molecule has 0 spiro atoms. The first-order valence-electron chi connectivity index (χ1n) is 16.2. The number of rotatable bonds is 10. The van der Waals surface area contributed by atoms with Gasteiger partial charge in [-0.3, -0.25) is 14.9 Å². The molecule has 0 unspecified atom stereocenters. The maximum atomic E-state index is 14.8. The average Bonchev–Trinajstić information content (AvgIpc) is 3.69. The lowest BCUT2D eigenvalue weighted by molar-refractivity contribution is -0.117. The van der Waals surface area contributed by atoms with Crippen molar-refractivity contribution >= 4 is 39.1 Å². The van der Waals surface area contributed by atoms with Crippen LogP contribution in [-0.2, 0) is 4.79 Å². The summed E-state index contributed by atoms with van der Waals surface area (Å²) in [6.07, 6.45) is 6.07. The Balaban J connectivity index is 1.16. The van der Waals surface area contributed by atoms with Gasteiger partial charge in [0.05, 0.1) is 23.1 Å². The number of hydrogen-bond donors (Lipinski definition) is 5. The van der Waals surface area contributed by atoms with E-state index in [0.717, 1.165) is 100 Å². The number of H-pyrrole nitrogens is 2. The maximum Gasteiger partial charge on any atom is 0.224 e. The molecule has 47 heavy (non-hydrogen) atoms. The molecule has 10 heteroatoms. The molecule has 1 amide bonds. The largest absolute Gasteiger partial charge is 0.384 e. The van der Waals surface area contributed by atoms with Gasteiger partial charge in [0.25, 0.3) is 0 Å². The zero-order valence-electron chi connectivity index (χ0n) is 26.7. The number of aromatic nitrogens is 4. The molecule has 1 aliphatic rings. The van der Waals surface area contributed by atoms with Crippen LogP contribution in [0.25, 0.3) is 55.4 Å². The van der Waals surface area contributed by atoms with E-state index in [4.69, 9.17) is 0 Å². The second-order valence-electron chi connectivity index (χ2n) is 12.6. The summed E-state index contributed by atoms with van der Waals surface area (Å²) in [6.45, 7) is 3.50. The van der Waals surface area contributed by atoms with Crippen molar-refractivity contribution in [2.45, 2.75) is 19.3 Å². The Kier molecular flexibility index (Phi) is 8.69. The number of likely N-dealkylation sites (N-methyl/N-ethyl adjacent to an activating group) is 1. The van der Waals surface area contributed by atoms with Crippen LogP contribution in [0.15, 0.2) is 79.1 Å². The van der Waals surface area contributed by atoms with Crippen molar-refractivity contribution < 1.29 is 9.18 Å². The number of aromatic amines is 2. The average molecular weight is 631 g/mol. The van der Waals surface area contributed by atoms with Gasteiger partial charge in [0.2, 0.25) is 5.91 Å². The van der Waals surface area contributed by atoms with Crippen molar-refractivity contribution in [2.24, 2.45) is 5.92 Å². The van der Waals surface area contributed by atoms with Crippen LogP contribution in [0.3, 0.4) is 0 Å². The molecule has 5 N–H and O–H groups in total. The normalized spacial score (nSPS) is 13.9. The van der Waals surface area contributed by atoms with Crippen LogP contribution in [0.1, 0.15) is 19.3 Å². The fraction of sp³-hybridized carbons (Fsp3) is 0.270. The fourth-order valence-corrected chi connectivity index (χ4v) is 6.43. The zero-order chi connectivity index (χ0) is 32.3. The Hall–Kier alpha value is -5.06. The molecule has 1 aliphatic heterocycles. The van der Waals surface area contributed by atoms with Gasteiger partial charge in [-0.25, -0.2) is 4.39 Å². The Bertz CT molecular complexity index is 2040. The van der Waals surface area contributed by atoms with Crippen LogP contribution < -0.4 is 16.0 Å². The SMILES string of the molecule is CN(C)CCNc1cc(F)cc(-c2cccc3[nH]c(-c4n[nH]c5ccc(-c6cncc(NC(=O)CC7CCNCC7)c6)cc45)cc23)c1. The monoisotopic (exact) mass is 630 g/mol. The summed E-state index contributed by atoms with van der Waals surface area (Å²) in [4.78, 5) is 22.8. The lowest BCUT2D eigenvalue weighted by Crippen LogP contribution is -2.30. The van der Waals surface area contributed by atoms with Crippen LogP contribution in [0, 0.1) is 11.7 Å². The number of hydrogen-bond acceptors (Lipinski definition) is 6. The van der Waals surface area contributed by atoms with Crippen molar-refractivity contribution in [3.63, 3.8) is 0 Å². The minimum atomic E-state index is -0.284. The van der Waals surface area contributed by atoms with Crippen LogP contribution in [0.2, 0.25) is 0 Å². The summed E-state index contributed by atoms with van der Waals surface area (Å²) in [5, 5.41) is 19.5. The summed E-state index contributed by atoms with van der Waals surface area (Å²) in [6, 6.07) is 21.3. The number of carbonyl (C=O) groups is 1. The second kappa shape index (κ2) is 13.4. The fourth-order valence-electron chi connectivity index (χ4n) is 6.43. The lowest BCUT2D eigenvalue weighted by Gasteiger charge is -2.21. The van der Waals surface area contributed by atoms with Gasteiger partial charge in [0.15, 0.2) is 0 Å². The molecule has 1 fully saturated rings. The van der Waals surface area contributed by atoms with E-state index in [9.17, 15) is 9.18 Å². The first-order valence-corrected chi connectivity index (χ1v) is 16.2. The molecule has 0 saturated carbocycles. The van der Waals surface area contributed by atoms with Crippen LogP contribution in [-0.4, -0.2) is 71.2 Å². The molecule has 3 aromatic carbocycles. The number of amides is 1. The van der Waals surface area contributed by atoms with E-state index in [1.54, 1.807) is 18.5 Å². The third-order valence-corrected chi connectivity index (χ3v) is 8.87. The Morgan fingerprint density at radius 2 is 1.77 bits per heavy atom. The summed E-state index contributed by atoms with van der Waals surface area (Å²) in [7, 11) is 4.03. The second-order valence-corrected chi connectivity index (χ2v) is 12.6. The molecule has 0 radical (unpaired) electrons. The van der Waals surface area contributed by atoms with Crippen LogP contribution in [0.4, 0.5) is 15.8 Å². The molecular formula is C37H39FN8O. The van der Waals surface area contributed by atoms with Gasteiger partial charge < -0.3 is 25.8 Å². The highest BCUT2D eigenvalue weighted by atomic mass is 19.1. The molecule has 0 atom stereocenters. The van der Waals surface area contributed by atoms with Crippen LogP contribution >= 0.6 is 0 Å². The van der Waals surface area contributed by atoms with Crippen molar-refractivity contribution in [1.29, 1.82) is 0 Å². The van der Waals surface area contributed by atoms with Gasteiger partial charge in [-0.15, -0.1) is 0 Å². The molecule has 0 bridgehead atoms. The molecule has 0 aliphatic carbocycles. The molecule has 4 heterocycles. The Morgan fingerprint density at radius 1 is 0.915 bits per heavy atom. The molecule has 3 aromatic heterocycles. The Morgan fingerprint density at radius 3 is 2.62 bits per heavy atom. The van der Waals surface area contributed by atoms with Gasteiger partial charge in [-0.1, -0.05) is 18.2 Å². The lowest BCUT2D eigenvalue weighted by atomic mass is 9.94. The minimum Gasteiger partial charge on any atom is -0.384 e. The number of pyridine rings is 1. The van der Waals surface area contributed by atoms with Gasteiger partial charge in [0, 0.05) is 53.2 Å². The summed E-state index contributed by atoms with van der Waals surface area (Å²) in [5.41, 5.74) is 8.53. The quantitative estimate of drug-likeness (QED) is 0.113. The van der Waals surface area contributed by atoms with Crippen molar-refractivity contribution in [3.05, 3.63) is 84.9 Å². The van der Waals surface area contributed by atoms with Gasteiger partial charge in [-0.2, -0.15) is 5.10 Å². The van der Waals surface area contributed by atoms with E-state index >= 15 is 0 Å². The van der Waals surface area contributed by atoms with E-state index < -0.39 is 0 Å². The number of piperidine rings is 1. The number of benzene rings is 3. The summed E-state index contributed by atoms with van der Waals surface area (Å²) < 4.78 is 14.8. The number of nitrogens with one attached hydrogen (secondary N) is 5. The van der Waals surface area contributed by atoms with Crippen molar-refractivity contribution in [1.82, 2.24) is 30.4 Å². The van der Waals surface area contributed by atoms with E-state index in [1.807, 2.05) is 56.6 Å². The molecule has 6 aromatic rings. The summed E-state index contributed by atoms with van der Waals surface area (Å²) >= 11 is 0. The maximum absolute atomic E-state index is 14.8. The number of anilines is 2. The molecular weight excluding hydrogens is 591 g/mol. The number of carbonyl (C=O) groups excluding carboxylic acids is 1. The van der Waals surface area contributed by atoms with E-state index in [2.05, 4.69) is 53.1 Å². The number of fused-ring (bicyclic) bond motifs is 2. The van der Waals surface area contributed by atoms with Crippen molar-refractivity contribution in [2.75, 3.05) is 50.9 Å². The molecule has 240 valence electrons. The summed E-state index contributed by atoms with van der Waals surface area (Å²) in [5.74, 6) is 0.154. The van der Waals surface area contributed by atoms with E-state index in [-0.39, 0.29) is 11.7 Å². The standard InChI is InChI=1S/C37H39FN8O/c1-46(2)13-12-41-28-16-25(15-27(38)19-28)30-4-3-5-33-31(30)20-35(43-33)37-32-18-24(6-7-34(32)44-45-37)26-17-29(22-40-21-26)42-36(47)14-23-8-10-39-11-9-23/h3-7,15-23,39,41,43H,8-14H2,1-2H3,(H,42,47)(H,44,45). The molecule has 9 nitrogen and oxygen atoms in total. The molecule has 7 rings (SSSR count). The molecule has 1 saturated heterocycles. The van der Waals surface area contributed by atoms with E-state index in [1.165, 1.54) is 6.07 Å². The first-order chi connectivity index (χ1) is 22.9. The third kappa shape index (κ3) is 6.89. The van der Waals surface area contributed by atoms with Gasteiger partial charge >= 0.3 is 0 Å². The highest BCUT2D eigenvalue weighted by Gasteiger charge is 2.18. The topological polar surface area (TPSA) is 114 Å². The van der Waals surface area contributed by atoms with Crippen LogP contribution in [0.5, 0.6) is 0 Å². The van der Waals surface area contributed by atoms with Gasteiger partial charge in [0.1, 0.15) is 11.5 Å². The predicted molar refractivity (Wildman–Crippen MR) is 188 cm³/mol. The Labute approximate surface area is 273 Å². The number of nitrogens with zero attached hydrogens (tertiary/aromatic N) is 3. The highest BCUT2D eigenvalue weighted by molar-refractivity contribution is 6.02.